The van der Waals surface area contributed by atoms with Gasteiger partial charge in [-0.1, -0.05) is 0 Å². The number of benzene rings is 1. The Morgan fingerprint density at radius 2 is 2.17 bits per heavy atom. The van der Waals surface area contributed by atoms with E-state index in [1.807, 2.05) is 0 Å². The van der Waals surface area contributed by atoms with Crippen molar-refractivity contribution < 1.29 is 26.3 Å². The second-order valence-electron chi connectivity index (χ2n) is 5.82. The molecular formula is C15H17F3N2O3S. The van der Waals surface area contributed by atoms with Gasteiger partial charge in [-0.15, -0.1) is 0 Å². The van der Waals surface area contributed by atoms with E-state index in [-0.39, 0.29) is 17.4 Å². The Balaban J connectivity index is 2.27. The fraction of sp³-hybridized carbons (Fsp3) is 0.533. The maximum absolute atomic E-state index is 12.8. The van der Waals surface area contributed by atoms with Crippen molar-refractivity contribution in [3.63, 3.8) is 0 Å². The van der Waals surface area contributed by atoms with Gasteiger partial charge in [0.2, 0.25) is 0 Å². The Kier molecular flexibility index (Phi) is 5.40. The van der Waals surface area contributed by atoms with Crippen LogP contribution in [-0.4, -0.2) is 39.6 Å². The molecule has 0 spiro atoms. The zero-order chi connectivity index (χ0) is 18.0. The summed E-state index contributed by atoms with van der Waals surface area (Å²) in [6.45, 7) is 1.30. The summed E-state index contributed by atoms with van der Waals surface area (Å²) in [6, 6.07) is 4.39. The summed E-state index contributed by atoms with van der Waals surface area (Å²) in [5.41, 5.74) is -1.60. The smallest absolute Gasteiger partial charge is 0.417 e. The molecule has 0 bridgehead atoms. The molecular weight excluding hydrogens is 345 g/mol. The summed E-state index contributed by atoms with van der Waals surface area (Å²) in [5.74, 6) is -0.241. The molecule has 0 aromatic heterocycles. The highest BCUT2D eigenvalue weighted by molar-refractivity contribution is 7.90. The molecule has 0 amide bonds. The van der Waals surface area contributed by atoms with E-state index in [4.69, 9.17) is 10.00 Å². The number of halogens is 3. The third-order valence-corrected chi connectivity index (χ3v) is 4.73. The standard InChI is InChI=1S/C15H17F3N2O3S/c1-24(21,22)9-14(10-4-5-20-8-10)23-12-2-3-13(15(16,17)18)11(6-12)7-19/h2-3,6,10,14,20H,4-5,8-9H2,1H3/t10-,14+/m0/s1. The van der Waals surface area contributed by atoms with Gasteiger partial charge in [0.1, 0.15) is 11.9 Å². The average Bonchev–Trinajstić information content (AvgIpc) is 2.98. The van der Waals surface area contributed by atoms with Crippen LogP contribution in [0.4, 0.5) is 13.2 Å². The second kappa shape index (κ2) is 6.99. The number of hydrogen-bond acceptors (Lipinski definition) is 5. The molecule has 9 heteroatoms. The van der Waals surface area contributed by atoms with Gasteiger partial charge in [-0.3, -0.25) is 0 Å². The van der Waals surface area contributed by atoms with Crippen LogP contribution >= 0.6 is 0 Å². The van der Waals surface area contributed by atoms with E-state index in [0.29, 0.717) is 13.0 Å². The van der Waals surface area contributed by atoms with Gasteiger partial charge in [0.05, 0.1) is 22.9 Å². The highest BCUT2D eigenvalue weighted by Crippen LogP contribution is 2.34. The van der Waals surface area contributed by atoms with Gasteiger partial charge in [-0.2, -0.15) is 18.4 Å². The minimum atomic E-state index is -4.63. The van der Waals surface area contributed by atoms with Gasteiger partial charge < -0.3 is 10.1 Å². The summed E-state index contributed by atoms with van der Waals surface area (Å²) in [6.07, 6.45) is -3.52. The van der Waals surface area contributed by atoms with E-state index in [0.717, 1.165) is 31.0 Å². The molecule has 1 saturated heterocycles. The molecule has 5 nitrogen and oxygen atoms in total. The fourth-order valence-corrected chi connectivity index (χ4v) is 3.61. The normalized spacial score (nSPS) is 19.7. The molecule has 1 N–H and O–H groups in total. The van der Waals surface area contributed by atoms with E-state index in [2.05, 4.69) is 5.32 Å². The number of alkyl halides is 3. The Labute approximate surface area is 138 Å². The van der Waals surface area contributed by atoms with Gasteiger partial charge in [-0.25, -0.2) is 8.42 Å². The zero-order valence-electron chi connectivity index (χ0n) is 12.9. The monoisotopic (exact) mass is 362 g/mol. The molecule has 0 aliphatic carbocycles. The van der Waals surface area contributed by atoms with Gasteiger partial charge in [0, 0.05) is 18.7 Å². The third kappa shape index (κ3) is 4.85. The molecule has 1 aliphatic heterocycles. The minimum absolute atomic E-state index is 0.0556. The van der Waals surface area contributed by atoms with Crippen LogP contribution in [0.15, 0.2) is 18.2 Å². The summed E-state index contributed by atoms with van der Waals surface area (Å²) in [7, 11) is -3.33. The summed E-state index contributed by atoms with van der Waals surface area (Å²) >= 11 is 0. The molecule has 24 heavy (non-hydrogen) atoms. The highest BCUT2D eigenvalue weighted by atomic mass is 32.2. The van der Waals surface area contributed by atoms with Crippen molar-refractivity contribution in [1.29, 1.82) is 5.26 Å². The predicted molar refractivity (Wildman–Crippen MR) is 81.3 cm³/mol. The van der Waals surface area contributed by atoms with E-state index in [1.54, 1.807) is 0 Å². The molecule has 2 atom stereocenters. The van der Waals surface area contributed by atoms with Gasteiger partial charge in [-0.05, 0) is 31.2 Å². The number of sulfone groups is 1. The Bertz CT molecular complexity index is 735. The van der Waals surface area contributed by atoms with E-state index in [9.17, 15) is 21.6 Å². The van der Waals surface area contributed by atoms with Crippen molar-refractivity contribution in [3.05, 3.63) is 29.3 Å². The van der Waals surface area contributed by atoms with E-state index < -0.39 is 33.2 Å². The molecule has 0 saturated carbocycles. The molecule has 2 rings (SSSR count). The van der Waals surface area contributed by atoms with Crippen molar-refractivity contribution in [2.24, 2.45) is 5.92 Å². The lowest BCUT2D eigenvalue weighted by atomic mass is 10.0. The summed E-state index contributed by atoms with van der Waals surface area (Å²) < 4.78 is 67.3. The van der Waals surface area contributed by atoms with Gasteiger partial charge in [0.25, 0.3) is 0 Å². The summed E-state index contributed by atoms with van der Waals surface area (Å²) in [5, 5.41) is 12.0. The molecule has 1 aromatic carbocycles. The first-order valence-electron chi connectivity index (χ1n) is 7.26. The zero-order valence-corrected chi connectivity index (χ0v) is 13.7. The highest BCUT2D eigenvalue weighted by Gasteiger charge is 2.34. The van der Waals surface area contributed by atoms with Crippen LogP contribution in [0.1, 0.15) is 17.5 Å². The van der Waals surface area contributed by atoms with Crippen LogP contribution in [0.25, 0.3) is 0 Å². The molecule has 0 unspecified atom stereocenters. The van der Waals surface area contributed by atoms with Crippen molar-refractivity contribution in [3.8, 4) is 11.8 Å². The summed E-state index contributed by atoms with van der Waals surface area (Å²) in [4.78, 5) is 0. The number of nitrogens with zero attached hydrogens (tertiary/aromatic N) is 1. The van der Waals surface area contributed by atoms with Gasteiger partial charge >= 0.3 is 6.18 Å². The minimum Gasteiger partial charge on any atom is -0.489 e. The largest absolute Gasteiger partial charge is 0.489 e. The van der Waals surface area contributed by atoms with Crippen LogP contribution in [0.2, 0.25) is 0 Å². The first-order chi connectivity index (χ1) is 11.1. The lowest BCUT2D eigenvalue weighted by molar-refractivity contribution is -0.137. The number of ether oxygens (including phenoxy) is 1. The molecule has 1 heterocycles. The lowest BCUT2D eigenvalue weighted by Crippen LogP contribution is -2.35. The number of hydrogen-bond donors (Lipinski definition) is 1. The van der Waals surface area contributed by atoms with Gasteiger partial charge in [0.15, 0.2) is 9.84 Å². The van der Waals surface area contributed by atoms with Crippen molar-refractivity contribution >= 4 is 9.84 Å². The lowest BCUT2D eigenvalue weighted by Gasteiger charge is -2.24. The van der Waals surface area contributed by atoms with Crippen molar-refractivity contribution in [1.82, 2.24) is 5.32 Å². The quantitative estimate of drug-likeness (QED) is 0.866. The average molecular weight is 362 g/mol. The Hall–Kier alpha value is -1.79. The third-order valence-electron chi connectivity index (χ3n) is 3.80. The predicted octanol–water partition coefficient (Wildman–Crippen LogP) is 1.98. The Morgan fingerprint density at radius 1 is 1.46 bits per heavy atom. The van der Waals surface area contributed by atoms with Crippen molar-refractivity contribution in [2.45, 2.75) is 18.7 Å². The molecule has 1 fully saturated rings. The topological polar surface area (TPSA) is 79.2 Å². The van der Waals surface area contributed by atoms with Crippen LogP contribution in [0.5, 0.6) is 5.75 Å². The number of nitrogens with one attached hydrogen (secondary N) is 1. The molecule has 132 valence electrons. The first kappa shape index (κ1) is 18.5. The molecule has 1 aromatic rings. The Morgan fingerprint density at radius 3 is 2.67 bits per heavy atom. The fourth-order valence-electron chi connectivity index (χ4n) is 2.67. The van der Waals surface area contributed by atoms with Crippen LogP contribution in [-0.2, 0) is 16.0 Å². The van der Waals surface area contributed by atoms with Crippen LogP contribution in [0.3, 0.4) is 0 Å². The maximum atomic E-state index is 12.8. The second-order valence-corrected chi connectivity index (χ2v) is 8.00. The van der Waals surface area contributed by atoms with E-state index >= 15 is 0 Å². The van der Waals surface area contributed by atoms with Crippen LogP contribution < -0.4 is 10.1 Å². The number of rotatable bonds is 5. The van der Waals surface area contributed by atoms with E-state index in [1.165, 1.54) is 6.07 Å². The van der Waals surface area contributed by atoms with Crippen molar-refractivity contribution in [2.75, 3.05) is 25.1 Å². The molecule has 1 aliphatic rings. The molecule has 0 radical (unpaired) electrons. The SMILES string of the molecule is CS(=O)(=O)C[C@@H](Oc1ccc(C(F)(F)F)c(C#N)c1)[C@H]1CCNC1. The number of nitriles is 1. The van der Waals surface area contributed by atoms with Crippen LogP contribution in [0, 0.1) is 17.2 Å². The maximum Gasteiger partial charge on any atom is 0.417 e. The first-order valence-corrected chi connectivity index (χ1v) is 9.32.